The highest BCUT2D eigenvalue weighted by Crippen LogP contribution is 2.24. The molecule has 1 N–H and O–H groups in total. The monoisotopic (exact) mass is 329 g/mol. The van der Waals surface area contributed by atoms with E-state index >= 15 is 0 Å². The van der Waals surface area contributed by atoms with Crippen LogP contribution in [0.2, 0.25) is 0 Å². The summed E-state index contributed by atoms with van der Waals surface area (Å²) >= 11 is 1.34. The molecule has 3 rings (SSSR count). The lowest BCUT2D eigenvalue weighted by Gasteiger charge is -2.06. The molecular formula is C17H16FN3OS. The van der Waals surface area contributed by atoms with E-state index in [2.05, 4.69) is 10.3 Å². The molecule has 1 aromatic carbocycles. The molecule has 6 heteroatoms. The molecule has 0 aliphatic rings. The molecule has 4 nitrogen and oxygen atoms in total. The first-order valence-electron chi connectivity index (χ1n) is 7.29. The van der Waals surface area contributed by atoms with Gasteiger partial charge in [0, 0.05) is 18.1 Å². The maximum Gasteiger partial charge on any atom is 0.267 e. The minimum atomic E-state index is -0.287. The lowest BCUT2D eigenvalue weighted by Crippen LogP contribution is -2.12. The van der Waals surface area contributed by atoms with Crippen LogP contribution in [0.15, 0.2) is 42.7 Å². The summed E-state index contributed by atoms with van der Waals surface area (Å²) in [5.41, 5.74) is 1.83. The second-order valence-corrected chi connectivity index (χ2v) is 6.11. The number of hydrogen-bond donors (Lipinski definition) is 1. The maximum atomic E-state index is 13.3. The average molecular weight is 329 g/mol. The summed E-state index contributed by atoms with van der Waals surface area (Å²) in [7, 11) is 0. The van der Waals surface area contributed by atoms with Crippen LogP contribution in [-0.2, 0) is 6.42 Å². The van der Waals surface area contributed by atoms with Gasteiger partial charge in [0.25, 0.3) is 5.91 Å². The zero-order valence-electron chi connectivity index (χ0n) is 12.8. The number of aryl methyl sites for hydroxylation is 2. The first kappa shape index (κ1) is 15.4. The molecule has 2 heterocycles. The average Bonchev–Trinajstić information content (AvgIpc) is 3.19. The van der Waals surface area contributed by atoms with Gasteiger partial charge in [-0.3, -0.25) is 4.79 Å². The largest absolute Gasteiger partial charge is 0.321 e. The van der Waals surface area contributed by atoms with Crippen molar-refractivity contribution in [1.29, 1.82) is 0 Å². The standard InChI is InChI=1S/C17H16FN3OS/c1-3-14-15(23-17(20-14)21-8-4-5-9-21)16(22)19-12-6-7-13(18)11(2)10-12/h4-10H,3H2,1-2H3,(H,19,22). The van der Waals surface area contributed by atoms with Crippen LogP contribution in [0, 0.1) is 12.7 Å². The minimum absolute atomic E-state index is 0.219. The van der Waals surface area contributed by atoms with Crippen LogP contribution >= 0.6 is 11.3 Å². The van der Waals surface area contributed by atoms with E-state index in [1.807, 2.05) is 36.0 Å². The molecule has 0 radical (unpaired) electrons. The number of thiazole rings is 1. The van der Waals surface area contributed by atoms with Crippen LogP contribution in [0.4, 0.5) is 10.1 Å². The van der Waals surface area contributed by atoms with E-state index in [0.29, 0.717) is 22.5 Å². The Kier molecular flexibility index (Phi) is 4.25. The van der Waals surface area contributed by atoms with Gasteiger partial charge < -0.3 is 9.88 Å². The molecule has 0 unspecified atom stereocenters. The summed E-state index contributed by atoms with van der Waals surface area (Å²) in [6.07, 6.45) is 4.45. The summed E-state index contributed by atoms with van der Waals surface area (Å²) in [5.74, 6) is -0.506. The second kappa shape index (κ2) is 6.34. The molecule has 0 aliphatic heterocycles. The highest BCUT2D eigenvalue weighted by atomic mass is 32.1. The van der Waals surface area contributed by atoms with E-state index in [4.69, 9.17) is 0 Å². The third kappa shape index (κ3) is 3.17. The molecule has 0 atom stereocenters. The van der Waals surface area contributed by atoms with E-state index < -0.39 is 0 Å². The van der Waals surface area contributed by atoms with Crippen molar-refractivity contribution >= 4 is 22.9 Å². The fourth-order valence-corrected chi connectivity index (χ4v) is 3.26. The Morgan fingerprint density at radius 2 is 2.09 bits per heavy atom. The number of rotatable bonds is 4. The van der Waals surface area contributed by atoms with Gasteiger partial charge in [-0.25, -0.2) is 9.37 Å². The Bertz CT molecular complexity index is 840. The normalized spacial score (nSPS) is 10.7. The Morgan fingerprint density at radius 1 is 1.35 bits per heavy atom. The summed E-state index contributed by atoms with van der Waals surface area (Å²) in [6.45, 7) is 3.63. The zero-order chi connectivity index (χ0) is 16.4. The van der Waals surface area contributed by atoms with E-state index in [1.165, 1.54) is 17.4 Å². The van der Waals surface area contributed by atoms with Gasteiger partial charge in [-0.15, -0.1) is 0 Å². The molecule has 0 fully saturated rings. The Balaban J connectivity index is 1.88. The van der Waals surface area contributed by atoms with Gasteiger partial charge in [0.15, 0.2) is 5.13 Å². The third-order valence-electron chi connectivity index (χ3n) is 3.47. The number of benzene rings is 1. The summed E-state index contributed by atoms with van der Waals surface area (Å²) in [4.78, 5) is 17.6. The predicted molar refractivity (Wildman–Crippen MR) is 89.9 cm³/mol. The predicted octanol–water partition coefficient (Wildman–Crippen LogP) is 4.20. The molecule has 0 bridgehead atoms. The first-order chi connectivity index (χ1) is 11.1. The van der Waals surface area contributed by atoms with Gasteiger partial charge in [-0.2, -0.15) is 0 Å². The number of nitrogens with zero attached hydrogens (tertiary/aromatic N) is 2. The molecule has 1 amide bonds. The lowest BCUT2D eigenvalue weighted by molar-refractivity contribution is 0.102. The van der Waals surface area contributed by atoms with Gasteiger partial charge in [-0.05, 0) is 49.2 Å². The van der Waals surface area contributed by atoms with Crippen molar-refractivity contribution in [1.82, 2.24) is 9.55 Å². The zero-order valence-corrected chi connectivity index (χ0v) is 13.7. The maximum absolute atomic E-state index is 13.3. The number of halogens is 1. The topological polar surface area (TPSA) is 46.9 Å². The molecule has 0 saturated heterocycles. The molecule has 0 aliphatic carbocycles. The van der Waals surface area contributed by atoms with Crippen LogP contribution in [-0.4, -0.2) is 15.5 Å². The summed E-state index contributed by atoms with van der Waals surface area (Å²) in [5, 5.41) is 3.57. The lowest BCUT2D eigenvalue weighted by atomic mass is 10.2. The minimum Gasteiger partial charge on any atom is -0.321 e. The van der Waals surface area contributed by atoms with Crippen molar-refractivity contribution in [2.24, 2.45) is 0 Å². The second-order valence-electron chi connectivity index (χ2n) is 5.13. The number of nitrogens with one attached hydrogen (secondary N) is 1. The molecule has 23 heavy (non-hydrogen) atoms. The number of hydrogen-bond acceptors (Lipinski definition) is 3. The molecule has 0 spiro atoms. The number of aromatic nitrogens is 2. The SMILES string of the molecule is CCc1nc(-n2cccc2)sc1C(=O)Nc1ccc(F)c(C)c1. The number of anilines is 1. The van der Waals surface area contributed by atoms with Crippen LogP contribution in [0.3, 0.4) is 0 Å². The number of amides is 1. The molecular weight excluding hydrogens is 313 g/mol. The van der Waals surface area contributed by atoms with Crippen molar-refractivity contribution in [2.75, 3.05) is 5.32 Å². The highest BCUT2D eigenvalue weighted by Gasteiger charge is 2.18. The fraction of sp³-hybridized carbons (Fsp3) is 0.176. The van der Waals surface area contributed by atoms with Gasteiger partial charge in [0.05, 0.1) is 5.69 Å². The summed E-state index contributed by atoms with van der Waals surface area (Å²) < 4.78 is 15.2. The Labute approximate surface area is 137 Å². The number of carbonyl (C=O) groups is 1. The van der Waals surface area contributed by atoms with Gasteiger partial charge in [0.1, 0.15) is 10.7 Å². The van der Waals surface area contributed by atoms with Gasteiger partial charge in [0.2, 0.25) is 0 Å². The van der Waals surface area contributed by atoms with E-state index in [-0.39, 0.29) is 11.7 Å². The molecule has 3 aromatic rings. The highest BCUT2D eigenvalue weighted by molar-refractivity contribution is 7.16. The van der Waals surface area contributed by atoms with E-state index in [9.17, 15) is 9.18 Å². The Morgan fingerprint density at radius 3 is 2.74 bits per heavy atom. The van der Waals surface area contributed by atoms with Crippen LogP contribution in [0.25, 0.3) is 5.13 Å². The van der Waals surface area contributed by atoms with Gasteiger partial charge >= 0.3 is 0 Å². The summed E-state index contributed by atoms with van der Waals surface area (Å²) in [6, 6.07) is 8.35. The van der Waals surface area contributed by atoms with Crippen molar-refractivity contribution in [3.8, 4) is 5.13 Å². The molecule has 0 saturated carbocycles. The van der Waals surface area contributed by atoms with Crippen LogP contribution in [0.5, 0.6) is 0 Å². The van der Waals surface area contributed by atoms with Crippen molar-refractivity contribution in [3.05, 3.63) is 64.7 Å². The van der Waals surface area contributed by atoms with Crippen molar-refractivity contribution in [2.45, 2.75) is 20.3 Å². The number of carbonyl (C=O) groups excluding carboxylic acids is 1. The quantitative estimate of drug-likeness (QED) is 0.780. The van der Waals surface area contributed by atoms with Gasteiger partial charge in [-0.1, -0.05) is 18.3 Å². The fourth-order valence-electron chi connectivity index (χ4n) is 2.24. The Hall–Kier alpha value is -2.47. The third-order valence-corrected chi connectivity index (χ3v) is 4.58. The van der Waals surface area contributed by atoms with Crippen LogP contribution < -0.4 is 5.32 Å². The first-order valence-corrected chi connectivity index (χ1v) is 8.10. The van der Waals surface area contributed by atoms with E-state index in [0.717, 1.165) is 10.8 Å². The molecule has 2 aromatic heterocycles. The van der Waals surface area contributed by atoms with Crippen molar-refractivity contribution < 1.29 is 9.18 Å². The van der Waals surface area contributed by atoms with E-state index in [1.54, 1.807) is 19.1 Å². The van der Waals surface area contributed by atoms with Crippen molar-refractivity contribution in [3.63, 3.8) is 0 Å². The van der Waals surface area contributed by atoms with Crippen LogP contribution in [0.1, 0.15) is 27.9 Å². The smallest absolute Gasteiger partial charge is 0.267 e. The molecule has 118 valence electrons.